The van der Waals surface area contributed by atoms with Crippen LogP contribution < -0.4 is 4.74 Å². The van der Waals surface area contributed by atoms with Crippen LogP contribution in [-0.2, 0) is 6.54 Å². The van der Waals surface area contributed by atoms with Gasteiger partial charge in [0.15, 0.2) is 0 Å². The first-order valence-corrected chi connectivity index (χ1v) is 8.35. The van der Waals surface area contributed by atoms with Gasteiger partial charge >= 0.3 is 0 Å². The molecular weight excluding hydrogens is 364 g/mol. The van der Waals surface area contributed by atoms with E-state index in [0.717, 1.165) is 38.9 Å². The van der Waals surface area contributed by atoms with E-state index in [1.807, 2.05) is 49.4 Å². The predicted molar refractivity (Wildman–Crippen MR) is 99.0 cm³/mol. The summed E-state index contributed by atoms with van der Waals surface area (Å²) >= 11 is 3.50. The molecule has 0 unspecified atom stereocenters. The molecule has 0 spiro atoms. The molecule has 0 radical (unpaired) electrons. The average Bonchev–Trinajstić information content (AvgIpc) is 2.92. The van der Waals surface area contributed by atoms with Gasteiger partial charge in [-0.25, -0.2) is 0 Å². The molecule has 1 aromatic heterocycles. The van der Waals surface area contributed by atoms with Crippen LogP contribution in [0.2, 0.25) is 0 Å². The summed E-state index contributed by atoms with van der Waals surface area (Å²) in [6.07, 6.45) is 0. The van der Waals surface area contributed by atoms with Gasteiger partial charge in [-0.2, -0.15) is 5.26 Å². The molecule has 0 bridgehead atoms. The first kappa shape index (κ1) is 16.2. The average molecular weight is 379 g/mol. The standard InChI is InChI=1S/C20H15BrN2O/c1-3-23-19(11-8-14-6-4-5-7-18(14)21)17(13-22)16-10-9-15(24-2)12-20(16)23/h4-7,9-10,12H,3H2,1-2H3. The number of rotatable bonds is 2. The maximum atomic E-state index is 9.63. The van der Waals surface area contributed by atoms with Gasteiger partial charge in [-0.3, -0.25) is 0 Å². The lowest BCUT2D eigenvalue weighted by atomic mass is 10.1. The monoisotopic (exact) mass is 378 g/mol. The first-order valence-electron chi connectivity index (χ1n) is 7.56. The Morgan fingerprint density at radius 1 is 1.17 bits per heavy atom. The summed E-state index contributed by atoms with van der Waals surface area (Å²) in [4.78, 5) is 0. The highest BCUT2D eigenvalue weighted by molar-refractivity contribution is 9.10. The van der Waals surface area contributed by atoms with Crippen LogP contribution in [0.1, 0.15) is 23.7 Å². The number of halogens is 1. The van der Waals surface area contributed by atoms with Crippen molar-refractivity contribution in [2.75, 3.05) is 7.11 Å². The van der Waals surface area contributed by atoms with Crippen molar-refractivity contribution in [2.24, 2.45) is 0 Å². The van der Waals surface area contributed by atoms with E-state index in [4.69, 9.17) is 4.74 Å². The van der Waals surface area contributed by atoms with Crippen LogP contribution in [-0.4, -0.2) is 11.7 Å². The number of aryl methyl sites for hydroxylation is 1. The summed E-state index contributed by atoms with van der Waals surface area (Å²) in [5.74, 6) is 7.12. The fourth-order valence-electron chi connectivity index (χ4n) is 2.72. The molecule has 3 aromatic rings. The van der Waals surface area contributed by atoms with Crippen molar-refractivity contribution in [2.45, 2.75) is 13.5 Å². The maximum Gasteiger partial charge on any atom is 0.120 e. The predicted octanol–water partition coefficient (Wildman–Crippen LogP) is 4.70. The minimum absolute atomic E-state index is 0.606. The van der Waals surface area contributed by atoms with Gasteiger partial charge in [0.25, 0.3) is 0 Å². The Morgan fingerprint density at radius 2 is 1.96 bits per heavy atom. The van der Waals surface area contributed by atoms with Gasteiger partial charge in [0.05, 0.1) is 18.2 Å². The van der Waals surface area contributed by atoms with E-state index in [2.05, 4.69) is 38.4 Å². The van der Waals surface area contributed by atoms with Gasteiger partial charge in [-0.15, -0.1) is 0 Å². The largest absolute Gasteiger partial charge is 0.497 e. The molecule has 0 fully saturated rings. The molecule has 0 aliphatic heterocycles. The van der Waals surface area contributed by atoms with Gasteiger partial charge < -0.3 is 9.30 Å². The molecule has 0 N–H and O–H groups in total. The molecule has 0 aliphatic rings. The second-order valence-electron chi connectivity index (χ2n) is 5.19. The second kappa shape index (κ2) is 6.83. The topological polar surface area (TPSA) is 38.0 Å². The zero-order valence-electron chi connectivity index (χ0n) is 13.4. The lowest BCUT2D eigenvalue weighted by Crippen LogP contribution is -1.98. The molecule has 0 amide bonds. The van der Waals surface area contributed by atoms with Crippen LogP contribution >= 0.6 is 15.9 Å². The minimum atomic E-state index is 0.606. The summed E-state index contributed by atoms with van der Waals surface area (Å²) in [6, 6.07) is 15.8. The normalized spacial score (nSPS) is 10.1. The Hall–Kier alpha value is -2.69. The third-order valence-electron chi connectivity index (χ3n) is 3.89. The van der Waals surface area contributed by atoms with E-state index in [1.54, 1.807) is 7.11 Å². The molecule has 0 atom stereocenters. The number of aromatic nitrogens is 1. The van der Waals surface area contributed by atoms with Gasteiger partial charge in [-0.05, 0) is 53.0 Å². The Labute approximate surface area is 149 Å². The summed E-state index contributed by atoms with van der Waals surface area (Å²) in [7, 11) is 1.64. The van der Waals surface area contributed by atoms with Crippen molar-refractivity contribution in [3.8, 4) is 23.7 Å². The van der Waals surface area contributed by atoms with Crippen molar-refractivity contribution < 1.29 is 4.74 Å². The van der Waals surface area contributed by atoms with E-state index in [-0.39, 0.29) is 0 Å². The Balaban J connectivity index is 2.25. The number of hydrogen-bond donors (Lipinski definition) is 0. The van der Waals surface area contributed by atoms with Crippen molar-refractivity contribution in [3.63, 3.8) is 0 Å². The summed E-state index contributed by atoms with van der Waals surface area (Å²) in [6.45, 7) is 2.77. The zero-order chi connectivity index (χ0) is 17.1. The molecule has 0 saturated heterocycles. The number of ether oxygens (including phenoxy) is 1. The molecule has 3 rings (SSSR count). The number of benzene rings is 2. The number of methoxy groups -OCH3 is 1. The summed E-state index contributed by atoms with van der Waals surface area (Å²) in [5.41, 5.74) is 3.20. The summed E-state index contributed by atoms with van der Waals surface area (Å²) in [5, 5.41) is 10.5. The molecule has 2 aromatic carbocycles. The number of nitrogens with zero attached hydrogens (tertiary/aromatic N) is 2. The lowest BCUT2D eigenvalue weighted by molar-refractivity contribution is 0.415. The van der Waals surface area contributed by atoms with E-state index < -0.39 is 0 Å². The molecular formula is C20H15BrN2O. The maximum absolute atomic E-state index is 9.63. The zero-order valence-corrected chi connectivity index (χ0v) is 15.0. The molecule has 118 valence electrons. The highest BCUT2D eigenvalue weighted by atomic mass is 79.9. The van der Waals surface area contributed by atoms with Gasteiger partial charge in [0.2, 0.25) is 0 Å². The van der Waals surface area contributed by atoms with E-state index >= 15 is 0 Å². The van der Waals surface area contributed by atoms with E-state index in [9.17, 15) is 5.26 Å². The highest BCUT2D eigenvalue weighted by Gasteiger charge is 2.15. The molecule has 4 heteroatoms. The minimum Gasteiger partial charge on any atom is -0.497 e. The quantitative estimate of drug-likeness (QED) is 0.605. The smallest absolute Gasteiger partial charge is 0.120 e. The third-order valence-corrected chi connectivity index (χ3v) is 4.58. The Bertz CT molecular complexity index is 1020. The van der Waals surface area contributed by atoms with Gasteiger partial charge in [0.1, 0.15) is 17.5 Å². The van der Waals surface area contributed by atoms with E-state index in [0.29, 0.717) is 5.56 Å². The van der Waals surface area contributed by atoms with Crippen LogP contribution in [0.3, 0.4) is 0 Å². The molecule has 3 nitrogen and oxygen atoms in total. The lowest BCUT2D eigenvalue weighted by Gasteiger charge is -2.04. The number of nitriles is 1. The van der Waals surface area contributed by atoms with Crippen LogP contribution in [0, 0.1) is 23.2 Å². The molecule has 0 aliphatic carbocycles. The highest BCUT2D eigenvalue weighted by Crippen LogP contribution is 2.29. The van der Waals surface area contributed by atoms with Crippen LogP contribution in [0.5, 0.6) is 5.75 Å². The Morgan fingerprint density at radius 3 is 2.62 bits per heavy atom. The van der Waals surface area contributed by atoms with E-state index in [1.165, 1.54) is 0 Å². The van der Waals surface area contributed by atoms with Gasteiger partial charge in [-0.1, -0.05) is 18.1 Å². The van der Waals surface area contributed by atoms with Gasteiger partial charge in [0, 0.05) is 28.0 Å². The number of hydrogen-bond acceptors (Lipinski definition) is 2. The fraction of sp³-hybridized carbons (Fsp3) is 0.150. The number of fused-ring (bicyclic) bond motifs is 1. The molecule has 0 saturated carbocycles. The van der Waals surface area contributed by atoms with Crippen molar-refractivity contribution in [1.82, 2.24) is 4.57 Å². The van der Waals surface area contributed by atoms with Crippen molar-refractivity contribution in [3.05, 3.63) is 63.8 Å². The van der Waals surface area contributed by atoms with Crippen LogP contribution in [0.4, 0.5) is 0 Å². The van der Waals surface area contributed by atoms with Crippen molar-refractivity contribution >= 4 is 26.8 Å². The molecule has 1 heterocycles. The first-order chi connectivity index (χ1) is 11.7. The summed E-state index contributed by atoms with van der Waals surface area (Å²) < 4.78 is 8.31. The Kier molecular flexibility index (Phi) is 4.60. The third kappa shape index (κ3) is 2.77. The SMILES string of the molecule is CCn1c(C#Cc2ccccc2Br)c(C#N)c2ccc(OC)cc21. The fourth-order valence-corrected chi connectivity index (χ4v) is 3.10. The second-order valence-corrected chi connectivity index (χ2v) is 6.05. The van der Waals surface area contributed by atoms with Crippen molar-refractivity contribution in [1.29, 1.82) is 5.26 Å². The molecule has 24 heavy (non-hydrogen) atoms. The van der Waals surface area contributed by atoms with Crippen LogP contribution in [0.25, 0.3) is 10.9 Å². The van der Waals surface area contributed by atoms with Crippen LogP contribution in [0.15, 0.2) is 46.9 Å².